The second kappa shape index (κ2) is 6.39. The quantitative estimate of drug-likeness (QED) is 0.849. The molecule has 0 atom stereocenters. The van der Waals surface area contributed by atoms with Gasteiger partial charge < -0.3 is 9.80 Å². The molecule has 5 heteroatoms. The molecule has 0 aromatic heterocycles. The number of hydrogen-bond donors (Lipinski definition) is 0. The Bertz CT molecular complexity index is 525. The van der Waals surface area contributed by atoms with Crippen LogP contribution in [0.1, 0.15) is 28.8 Å². The number of amides is 2. The first-order valence-corrected chi connectivity index (χ1v) is 7.58. The number of carbonyl (C=O) groups is 2. The Morgan fingerprint density at radius 2 is 1.95 bits per heavy atom. The van der Waals surface area contributed by atoms with Crippen molar-refractivity contribution in [2.75, 3.05) is 26.7 Å². The smallest absolute Gasteiger partial charge is 0.255 e. The molecule has 1 saturated heterocycles. The van der Waals surface area contributed by atoms with E-state index in [0.717, 1.165) is 36.0 Å². The summed E-state index contributed by atoms with van der Waals surface area (Å²) < 4.78 is 0.797. The fourth-order valence-electron chi connectivity index (χ4n) is 2.36. The van der Waals surface area contributed by atoms with Gasteiger partial charge in [-0.2, -0.15) is 0 Å². The van der Waals surface area contributed by atoms with Crippen LogP contribution in [0, 0.1) is 6.92 Å². The van der Waals surface area contributed by atoms with Crippen LogP contribution in [0.5, 0.6) is 0 Å². The van der Waals surface area contributed by atoms with Crippen LogP contribution in [0.4, 0.5) is 0 Å². The van der Waals surface area contributed by atoms with Gasteiger partial charge in [0.25, 0.3) is 5.91 Å². The molecule has 1 fully saturated rings. The first-order valence-electron chi connectivity index (χ1n) is 6.79. The van der Waals surface area contributed by atoms with Crippen molar-refractivity contribution in [1.29, 1.82) is 0 Å². The zero-order valence-corrected chi connectivity index (χ0v) is 13.4. The summed E-state index contributed by atoms with van der Waals surface area (Å²) in [5, 5.41) is 0. The lowest BCUT2D eigenvalue weighted by atomic mass is 10.1. The summed E-state index contributed by atoms with van der Waals surface area (Å²) >= 11 is 3.44. The third-order valence-electron chi connectivity index (χ3n) is 3.60. The van der Waals surface area contributed by atoms with Crippen LogP contribution in [0.2, 0.25) is 0 Å². The summed E-state index contributed by atoms with van der Waals surface area (Å²) in [6.07, 6.45) is 2.12. The number of halogens is 1. The van der Waals surface area contributed by atoms with Crippen molar-refractivity contribution in [2.45, 2.75) is 19.8 Å². The number of rotatable bonds is 3. The molecular weight excluding hydrogens is 320 g/mol. The van der Waals surface area contributed by atoms with Crippen LogP contribution in [-0.4, -0.2) is 48.3 Å². The van der Waals surface area contributed by atoms with E-state index in [4.69, 9.17) is 0 Å². The lowest BCUT2D eigenvalue weighted by Gasteiger charge is -2.22. The van der Waals surface area contributed by atoms with Gasteiger partial charge in [0.15, 0.2) is 0 Å². The molecule has 1 aromatic rings. The fourth-order valence-corrected chi connectivity index (χ4v) is 2.79. The van der Waals surface area contributed by atoms with E-state index in [2.05, 4.69) is 15.9 Å². The molecule has 0 saturated carbocycles. The summed E-state index contributed by atoms with van der Waals surface area (Å²) in [5.41, 5.74) is 1.61. The van der Waals surface area contributed by atoms with Crippen molar-refractivity contribution in [3.8, 4) is 0 Å². The molecule has 2 rings (SSSR count). The normalized spacial score (nSPS) is 14.4. The van der Waals surface area contributed by atoms with Gasteiger partial charge in [-0.15, -0.1) is 0 Å². The molecule has 4 nitrogen and oxygen atoms in total. The first kappa shape index (κ1) is 15.0. The summed E-state index contributed by atoms with van der Waals surface area (Å²) in [6.45, 7) is 3.71. The highest BCUT2D eigenvalue weighted by atomic mass is 79.9. The summed E-state index contributed by atoms with van der Waals surface area (Å²) in [5.74, 6) is -0.102. The van der Waals surface area contributed by atoms with Crippen molar-refractivity contribution in [1.82, 2.24) is 9.80 Å². The maximum atomic E-state index is 12.4. The molecular formula is C15H19BrN2O2. The minimum absolute atomic E-state index is 0.0297. The van der Waals surface area contributed by atoms with Crippen LogP contribution in [0.3, 0.4) is 0 Å². The highest BCUT2D eigenvalue weighted by Gasteiger charge is 2.22. The minimum Gasteiger partial charge on any atom is -0.341 e. The van der Waals surface area contributed by atoms with Crippen molar-refractivity contribution in [3.05, 3.63) is 33.8 Å². The SMILES string of the molecule is Cc1cccc(C(=O)N(C)CC(=O)N2CCCC2)c1Br. The van der Waals surface area contributed by atoms with Gasteiger partial charge in [-0.05, 0) is 47.3 Å². The zero-order valence-electron chi connectivity index (χ0n) is 11.9. The van der Waals surface area contributed by atoms with Crippen LogP contribution in [-0.2, 0) is 4.79 Å². The van der Waals surface area contributed by atoms with E-state index in [1.807, 2.05) is 24.0 Å². The molecule has 0 N–H and O–H groups in total. The second-order valence-electron chi connectivity index (χ2n) is 5.19. The lowest BCUT2D eigenvalue weighted by molar-refractivity contribution is -0.130. The van der Waals surface area contributed by atoms with E-state index < -0.39 is 0 Å². The largest absolute Gasteiger partial charge is 0.341 e. The third-order valence-corrected chi connectivity index (χ3v) is 4.65. The van der Waals surface area contributed by atoms with E-state index in [1.54, 1.807) is 13.1 Å². The van der Waals surface area contributed by atoms with Crippen molar-refractivity contribution < 1.29 is 9.59 Å². The number of benzene rings is 1. The van der Waals surface area contributed by atoms with Crippen molar-refractivity contribution in [3.63, 3.8) is 0 Å². The highest BCUT2D eigenvalue weighted by molar-refractivity contribution is 9.10. The highest BCUT2D eigenvalue weighted by Crippen LogP contribution is 2.22. The standard InChI is InChI=1S/C15H19BrN2O2/c1-11-6-5-7-12(14(11)16)15(20)17(2)10-13(19)18-8-3-4-9-18/h5-7H,3-4,8-10H2,1-2H3. The Morgan fingerprint density at radius 3 is 2.60 bits per heavy atom. The van der Waals surface area contributed by atoms with Gasteiger partial charge in [0.05, 0.1) is 12.1 Å². The number of hydrogen-bond acceptors (Lipinski definition) is 2. The number of aryl methyl sites for hydroxylation is 1. The van der Waals surface area contributed by atoms with Gasteiger partial charge in [-0.25, -0.2) is 0 Å². The predicted molar refractivity (Wildman–Crippen MR) is 81.7 cm³/mol. The maximum absolute atomic E-state index is 12.4. The molecule has 0 bridgehead atoms. The summed E-state index contributed by atoms with van der Waals surface area (Å²) in [6, 6.07) is 5.57. The topological polar surface area (TPSA) is 40.6 Å². The van der Waals surface area contributed by atoms with Gasteiger partial charge in [0.1, 0.15) is 0 Å². The molecule has 1 aliphatic heterocycles. The van der Waals surface area contributed by atoms with Crippen LogP contribution < -0.4 is 0 Å². The minimum atomic E-state index is -0.131. The van der Waals surface area contributed by atoms with Gasteiger partial charge in [0.2, 0.25) is 5.91 Å². The second-order valence-corrected chi connectivity index (χ2v) is 5.98. The molecule has 0 aliphatic carbocycles. The molecule has 1 aliphatic rings. The number of nitrogens with zero attached hydrogens (tertiary/aromatic N) is 2. The Labute approximate surface area is 127 Å². The summed E-state index contributed by atoms with van der Waals surface area (Å²) in [7, 11) is 1.67. The molecule has 0 unspecified atom stereocenters. The number of likely N-dealkylation sites (N-methyl/N-ethyl adjacent to an activating group) is 1. The molecule has 0 spiro atoms. The van der Waals surface area contributed by atoms with E-state index >= 15 is 0 Å². The zero-order chi connectivity index (χ0) is 14.7. The van der Waals surface area contributed by atoms with Gasteiger partial charge in [0, 0.05) is 24.6 Å². The Kier molecular flexibility index (Phi) is 4.81. The number of likely N-dealkylation sites (tertiary alicyclic amines) is 1. The molecule has 1 heterocycles. The monoisotopic (exact) mass is 338 g/mol. The first-order chi connectivity index (χ1) is 9.50. The average molecular weight is 339 g/mol. The van der Waals surface area contributed by atoms with Gasteiger partial charge in [-0.1, -0.05) is 12.1 Å². The van der Waals surface area contributed by atoms with Gasteiger partial charge >= 0.3 is 0 Å². The molecule has 108 valence electrons. The molecule has 0 radical (unpaired) electrons. The Morgan fingerprint density at radius 1 is 1.30 bits per heavy atom. The fraction of sp³-hybridized carbons (Fsp3) is 0.467. The molecule has 1 aromatic carbocycles. The summed E-state index contributed by atoms with van der Waals surface area (Å²) in [4.78, 5) is 27.8. The molecule has 2 amide bonds. The lowest BCUT2D eigenvalue weighted by Crippen LogP contribution is -2.39. The Balaban J connectivity index is 2.04. The third kappa shape index (κ3) is 3.20. The number of carbonyl (C=O) groups excluding carboxylic acids is 2. The van der Waals surface area contributed by atoms with E-state index in [0.29, 0.717) is 5.56 Å². The van der Waals surface area contributed by atoms with Crippen LogP contribution >= 0.6 is 15.9 Å². The van der Waals surface area contributed by atoms with Crippen molar-refractivity contribution >= 4 is 27.7 Å². The van der Waals surface area contributed by atoms with E-state index in [1.165, 1.54) is 4.90 Å². The average Bonchev–Trinajstić information content (AvgIpc) is 2.95. The van der Waals surface area contributed by atoms with E-state index in [9.17, 15) is 9.59 Å². The van der Waals surface area contributed by atoms with Crippen molar-refractivity contribution in [2.24, 2.45) is 0 Å². The Hall–Kier alpha value is -1.36. The van der Waals surface area contributed by atoms with E-state index in [-0.39, 0.29) is 18.4 Å². The maximum Gasteiger partial charge on any atom is 0.255 e. The molecule has 20 heavy (non-hydrogen) atoms. The van der Waals surface area contributed by atoms with Crippen LogP contribution in [0.25, 0.3) is 0 Å². The van der Waals surface area contributed by atoms with Crippen LogP contribution in [0.15, 0.2) is 22.7 Å². The van der Waals surface area contributed by atoms with Gasteiger partial charge in [-0.3, -0.25) is 9.59 Å². The predicted octanol–water partition coefficient (Wildman–Crippen LogP) is 2.45.